The van der Waals surface area contributed by atoms with Crippen LogP contribution in [0.15, 0.2) is 30.3 Å². The summed E-state index contributed by atoms with van der Waals surface area (Å²) < 4.78 is 0. The van der Waals surface area contributed by atoms with E-state index in [2.05, 4.69) is 42.6 Å². The molecular formula is C14H21NO. The van der Waals surface area contributed by atoms with E-state index in [1.807, 2.05) is 0 Å². The van der Waals surface area contributed by atoms with Crippen LogP contribution in [-0.2, 0) is 0 Å². The Bertz CT molecular complexity index is 300. The fourth-order valence-corrected chi connectivity index (χ4v) is 2.89. The Labute approximate surface area is 97.7 Å². The first-order valence-corrected chi connectivity index (χ1v) is 6.23. The summed E-state index contributed by atoms with van der Waals surface area (Å²) in [7, 11) is 0. The van der Waals surface area contributed by atoms with Crippen LogP contribution >= 0.6 is 0 Å². The van der Waals surface area contributed by atoms with Crippen molar-refractivity contribution in [3.63, 3.8) is 0 Å². The molecule has 1 aromatic rings. The van der Waals surface area contributed by atoms with Crippen LogP contribution in [0.3, 0.4) is 0 Å². The minimum Gasteiger partial charge on any atom is -0.396 e. The number of aliphatic hydroxyl groups is 1. The minimum absolute atomic E-state index is 0.281. The average Bonchev–Trinajstić information content (AvgIpc) is 2.38. The molecule has 0 amide bonds. The van der Waals surface area contributed by atoms with Crippen molar-refractivity contribution in [2.24, 2.45) is 11.8 Å². The quantitative estimate of drug-likeness (QED) is 0.815. The smallest absolute Gasteiger partial charge is 0.0477 e. The molecule has 1 aliphatic heterocycles. The van der Waals surface area contributed by atoms with Crippen molar-refractivity contribution >= 4 is 0 Å². The Morgan fingerprint density at radius 3 is 2.50 bits per heavy atom. The van der Waals surface area contributed by atoms with Gasteiger partial charge in [0.05, 0.1) is 0 Å². The summed E-state index contributed by atoms with van der Waals surface area (Å²) in [6.45, 7) is 4.53. The molecule has 0 radical (unpaired) electrons. The lowest BCUT2D eigenvalue weighted by molar-refractivity contribution is 0.143. The molecule has 0 bridgehead atoms. The summed E-state index contributed by atoms with van der Waals surface area (Å²) in [4.78, 5) is 0. The van der Waals surface area contributed by atoms with Gasteiger partial charge in [0.25, 0.3) is 0 Å². The fraction of sp³-hybridized carbons (Fsp3) is 0.571. The number of nitrogens with one attached hydrogen (secondary N) is 1. The highest BCUT2D eigenvalue weighted by Gasteiger charge is 2.32. The lowest BCUT2D eigenvalue weighted by Crippen LogP contribution is -2.43. The van der Waals surface area contributed by atoms with Gasteiger partial charge in [-0.1, -0.05) is 43.7 Å². The average molecular weight is 219 g/mol. The van der Waals surface area contributed by atoms with E-state index in [9.17, 15) is 5.11 Å². The van der Waals surface area contributed by atoms with Crippen LogP contribution in [-0.4, -0.2) is 24.8 Å². The minimum atomic E-state index is 0.281. The van der Waals surface area contributed by atoms with Crippen molar-refractivity contribution in [2.45, 2.75) is 19.3 Å². The summed E-state index contributed by atoms with van der Waals surface area (Å²) in [5.41, 5.74) is 1.38. The van der Waals surface area contributed by atoms with Gasteiger partial charge in [-0.2, -0.15) is 0 Å². The second-order valence-corrected chi connectivity index (χ2v) is 4.71. The molecule has 0 spiro atoms. The van der Waals surface area contributed by atoms with Gasteiger partial charge in [0.15, 0.2) is 0 Å². The summed E-state index contributed by atoms with van der Waals surface area (Å²) in [5, 5.41) is 12.9. The molecule has 0 aromatic heterocycles. The number of hydrogen-bond acceptors (Lipinski definition) is 2. The van der Waals surface area contributed by atoms with Gasteiger partial charge in [-0.05, 0) is 23.9 Å². The number of hydrogen-bond donors (Lipinski definition) is 2. The summed E-state index contributed by atoms with van der Waals surface area (Å²) >= 11 is 0. The molecule has 3 atom stereocenters. The first-order chi connectivity index (χ1) is 7.86. The van der Waals surface area contributed by atoms with E-state index in [1.54, 1.807) is 0 Å². The predicted molar refractivity (Wildman–Crippen MR) is 66.4 cm³/mol. The van der Waals surface area contributed by atoms with Crippen LogP contribution in [0.2, 0.25) is 0 Å². The molecule has 0 saturated carbocycles. The normalized spacial score (nSPS) is 30.2. The van der Waals surface area contributed by atoms with E-state index in [0.717, 1.165) is 13.1 Å². The largest absolute Gasteiger partial charge is 0.396 e. The second-order valence-electron chi connectivity index (χ2n) is 4.71. The lowest BCUT2D eigenvalue weighted by atomic mass is 9.73. The molecule has 2 N–H and O–H groups in total. The molecule has 1 aromatic carbocycles. The molecule has 88 valence electrons. The second kappa shape index (κ2) is 5.46. The van der Waals surface area contributed by atoms with Crippen molar-refractivity contribution in [3.05, 3.63) is 35.9 Å². The van der Waals surface area contributed by atoms with Crippen molar-refractivity contribution in [1.82, 2.24) is 5.32 Å². The molecule has 1 fully saturated rings. The summed E-state index contributed by atoms with van der Waals surface area (Å²) in [5.74, 6) is 1.52. The first kappa shape index (κ1) is 11.6. The number of rotatable bonds is 3. The molecule has 1 saturated heterocycles. The van der Waals surface area contributed by atoms with E-state index < -0.39 is 0 Å². The van der Waals surface area contributed by atoms with Gasteiger partial charge in [-0.3, -0.25) is 0 Å². The number of piperidine rings is 1. The van der Waals surface area contributed by atoms with Gasteiger partial charge in [0.2, 0.25) is 0 Å². The SMILES string of the molecule is CC[C@@H]1CNC[C@H](CO)[C@@H]1c1ccccc1. The van der Waals surface area contributed by atoms with E-state index >= 15 is 0 Å². The van der Waals surface area contributed by atoms with Gasteiger partial charge in [-0.25, -0.2) is 0 Å². The van der Waals surface area contributed by atoms with Crippen LogP contribution in [0.25, 0.3) is 0 Å². The van der Waals surface area contributed by atoms with Crippen LogP contribution in [0.4, 0.5) is 0 Å². The molecule has 16 heavy (non-hydrogen) atoms. The fourth-order valence-electron chi connectivity index (χ4n) is 2.89. The molecule has 1 aliphatic rings. The lowest BCUT2D eigenvalue weighted by Gasteiger charge is -2.38. The highest BCUT2D eigenvalue weighted by Crippen LogP contribution is 2.35. The first-order valence-electron chi connectivity index (χ1n) is 6.23. The predicted octanol–water partition coefficient (Wildman–Crippen LogP) is 2.01. The van der Waals surface area contributed by atoms with Crippen molar-refractivity contribution in [3.8, 4) is 0 Å². The van der Waals surface area contributed by atoms with Crippen LogP contribution in [0.5, 0.6) is 0 Å². The van der Waals surface area contributed by atoms with Gasteiger partial charge in [0, 0.05) is 19.1 Å². The topological polar surface area (TPSA) is 32.3 Å². The molecule has 2 heteroatoms. The zero-order chi connectivity index (χ0) is 11.4. The van der Waals surface area contributed by atoms with Crippen molar-refractivity contribution in [2.75, 3.05) is 19.7 Å². The van der Waals surface area contributed by atoms with E-state index in [-0.39, 0.29) is 6.61 Å². The number of aliphatic hydroxyl groups excluding tert-OH is 1. The van der Waals surface area contributed by atoms with Crippen LogP contribution in [0, 0.1) is 11.8 Å². The maximum Gasteiger partial charge on any atom is 0.0477 e. The molecule has 0 unspecified atom stereocenters. The maximum atomic E-state index is 9.50. The Morgan fingerprint density at radius 1 is 1.19 bits per heavy atom. The van der Waals surface area contributed by atoms with Gasteiger partial charge in [0.1, 0.15) is 0 Å². The highest BCUT2D eigenvalue weighted by molar-refractivity contribution is 5.22. The van der Waals surface area contributed by atoms with E-state index in [4.69, 9.17) is 0 Å². The summed E-state index contributed by atoms with van der Waals surface area (Å²) in [6, 6.07) is 10.6. The molecule has 2 nitrogen and oxygen atoms in total. The Morgan fingerprint density at radius 2 is 1.88 bits per heavy atom. The highest BCUT2D eigenvalue weighted by atomic mass is 16.3. The van der Waals surface area contributed by atoms with Gasteiger partial charge >= 0.3 is 0 Å². The van der Waals surface area contributed by atoms with Crippen molar-refractivity contribution < 1.29 is 5.11 Å². The third-order valence-electron chi connectivity index (χ3n) is 3.77. The van der Waals surface area contributed by atoms with Gasteiger partial charge in [-0.15, -0.1) is 0 Å². The van der Waals surface area contributed by atoms with Crippen molar-refractivity contribution in [1.29, 1.82) is 0 Å². The Balaban J connectivity index is 2.24. The van der Waals surface area contributed by atoms with E-state index in [1.165, 1.54) is 12.0 Å². The molecule has 1 heterocycles. The zero-order valence-electron chi connectivity index (χ0n) is 9.89. The molecular weight excluding hydrogens is 198 g/mol. The number of benzene rings is 1. The zero-order valence-corrected chi connectivity index (χ0v) is 9.89. The maximum absolute atomic E-state index is 9.50. The molecule has 2 rings (SSSR count). The third-order valence-corrected chi connectivity index (χ3v) is 3.77. The summed E-state index contributed by atoms with van der Waals surface area (Å²) in [6.07, 6.45) is 1.17. The standard InChI is InChI=1S/C14H21NO/c1-2-11-8-15-9-13(10-16)14(11)12-6-4-3-5-7-12/h3-7,11,13-16H,2,8-10H2,1H3/t11-,13-,14+/m1/s1. The van der Waals surface area contributed by atoms with Gasteiger partial charge < -0.3 is 10.4 Å². The Hall–Kier alpha value is -0.860. The monoisotopic (exact) mass is 219 g/mol. The van der Waals surface area contributed by atoms with Crippen LogP contribution in [0.1, 0.15) is 24.8 Å². The molecule has 0 aliphatic carbocycles. The van der Waals surface area contributed by atoms with Crippen LogP contribution < -0.4 is 5.32 Å². The third kappa shape index (κ3) is 2.28. The Kier molecular flexibility index (Phi) is 3.97. The van der Waals surface area contributed by atoms with E-state index in [0.29, 0.717) is 17.8 Å².